The van der Waals surface area contributed by atoms with Gasteiger partial charge in [0.15, 0.2) is 18.1 Å². The van der Waals surface area contributed by atoms with Crippen LogP contribution in [0.4, 0.5) is 0 Å². The fraction of sp³-hybridized carbons (Fsp3) is 0.250. The van der Waals surface area contributed by atoms with Crippen molar-refractivity contribution in [2.45, 2.75) is 13.0 Å². The van der Waals surface area contributed by atoms with Gasteiger partial charge in [0.25, 0.3) is 5.91 Å². The molecule has 1 heterocycles. The zero-order valence-corrected chi connectivity index (χ0v) is 13.5. The van der Waals surface area contributed by atoms with E-state index in [0.29, 0.717) is 24.5 Å². The fourth-order valence-electron chi connectivity index (χ4n) is 1.93. The summed E-state index contributed by atoms with van der Waals surface area (Å²) in [5.74, 6) is 0.309. The summed E-state index contributed by atoms with van der Waals surface area (Å²) in [6.07, 6.45) is 0.362. The second-order valence-electron chi connectivity index (χ2n) is 4.83. The first-order chi connectivity index (χ1) is 11.1. The summed E-state index contributed by atoms with van der Waals surface area (Å²) in [5.41, 5.74) is 6.91. The smallest absolute Gasteiger partial charge is 0.255 e. The highest BCUT2D eigenvalue weighted by molar-refractivity contribution is 7.07. The quantitative estimate of drug-likeness (QED) is 0.765. The van der Waals surface area contributed by atoms with Crippen molar-refractivity contribution in [2.75, 3.05) is 13.7 Å². The Balaban J connectivity index is 1.92. The Morgan fingerprint density at radius 2 is 2.04 bits per heavy atom. The van der Waals surface area contributed by atoms with Gasteiger partial charge in [-0.25, -0.2) is 0 Å². The number of hydrogen-bond acceptors (Lipinski definition) is 5. The maximum Gasteiger partial charge on any atom is 0.255 e. The Labute approximate surface area is 138 Å². The molecular formula is C16H18N2O4S. The molecule has 6 nitrogen and oxygen atoms in total. The van der Waals surface area contributed by atoms with Crippen molar-refractivity contribution < 1.29 is 19.1 Å². The van der Waals surface area contributed by atoms with Crippen molar-refractivity contribution in [2.24, 2.45) is 5.73 Å². The van der Waals surface area contributed by atoms with Crippen molar-refractivity contribution >= 4 is 23.2 Å². The van der Waals surface area contributed by atoms with Crippen molar-refractivity contribution in [3.05, 3.63) is 46.2 Å². The largest absolute Gasteiger partial charge is 0.493 e. The third-order valence-electron chi connectivity index (χ3n) is 3.03. The van der Waals surface area contributed by atoms with E-state index in [0.717, 1.165) is 11.1 Å². The monoisotopic (exact) mass is 334 g/mol. The van der Waals surface area contributed by atoms with Crippen LogP contribution in [0.25, 0.3) is 0 Å². The van der Waals surface area contributed by atoms with Crippen molar-refractivity contribution in [3.8, 4) is 11.5 Å². The SMILES string of the molecule is COc1cc(CNC(=O)Cc2ccsc2)ccc1OCC(N)=O. The van der Waals surface area contributed by atoms with Crippen LogP contribution in [0.3, 0.4) is 0 Å². The molecule has 122 valence electrons. The highest BCUT2D eigenvalue weighted by Gasteiger charge is 2.09. The normalized spacial score (nSPS) is 10.1. The summed E-state index contributed by atoms with van der Waals surface area (Å²) in [6, 6.07) is 7.16. The Kier molecular flexibility index (Phi) is 5.99. The van der Waals surface area contributed by atoms with Crippen LogP contribution in [0, 0.1) is 0 Å². The molecule has 0 bridgehead atoms. The third kappa shape index (κ3) is 5.30. The van der Waals surface area contributed by atoms with Crippen LogP contribution < -0.4 is 20.5 Å². The fourth-order valence-corrected chi connectivity index (χ4v) is 2.60. The Morgan fingerprint density at radius 3 is 2.70 bits per heavy atom. The molecule has 0 aliphatic heterocycles. The number of benzene rings is 1. The molecule has 0 atom stereocenters. The number of nitrogens with one attached hydrogen (secondary N) is 1. The Morgan fingerprint density at radius 1 is 1.22 bits per heavy atom. The first-order valence-corrected chi connectivity index (χ1v) is 7.88. The van der Waals surface area contributed by atoms with Gasteiger partial charge in [0.1, 0.15) is 0 Å². The maximum atomic E-state index is 11.9. The molecule has 2 rings (SSSR count). The molecule has 0 spiro atoms. The minimum absolute atomic E-state index is 0.0450. The van der Waals surface area contributed by atoms with Crippen LogP contribution in [0.1, 0.15) is 11.1 Å². The number of carbonyl (C=O) groups is 2. The molecule has 1 aromatic carbocycles. The van der Waals surface area contributed by atoms with Gasteiger partial charge in [-0.15, -0.1) is 0 Å². The predicted octanol–water partition coefficient (Wildman–Crippen LogP) is 1.48. The first kappa shape index (κ1) is 16.8. The van der Waals surface area contributed by atoms with Crippen LogP contribution in [-0.2, 0) is 22.6 Å². The van der Waals surface area contributed by atoms with E-state index in [4.69, 9.17) is 15.2 Å². The van der Waals surface area contributed by atoms with E-state index in [1.54, 1.807) is 29.5 Å². The third-order valence-corrected chi connectivity index (χ3v) is 3.76. The molecule has 1 aromatic heterocycles. The summed E-state index contributed by atoms with van der Waals surface area (Å²) in [5, 5.41) is 6.75. The number of nitrogens with two attached hydrogens (primary N) is 1. The summed E-state index contributed by atoms with van der Waals surface area (Å²) < 4.78 is 10.5. The molecule has 0 aliphatic carbocycles. The lowest BCUT2D eigenvalue weighted by Crippen LogP contribution is -2.24. The number of methoxy groups -OCH3 is 1. The zero-order chi connectivity index (χ0) is 16.7. The molecule has 0 saturated heterocycles. The van der Waals surface area contributed by atoms with Crippen LogP contribution in [0.2, 0.25) is 0 Å². The molecular weight excluding hydrogens is 316 g/mol. The van der Waals surface area contributed by atoms with Gasteiger partial charge in [-0.2, -0.15) is 11.3 Å². The first-order valence-electron chi connectivity index (χ1n) is 6.94. The van der Waals surface area contributed by atoms with Gasteiger partial charge in [0.2, 0.25) is 5.91 Å². The van der Waals surface area contributed by atoms with Crippen molar-refractivity contribution in [3.63, 3.8) is 0 Å². The number of hydrogen-bond donors (Lipinski definition) is 2. The van der Waals surface area contributed by atoms with Crippen LogP contribution in [0.5, 0.6) is 11.5 Å². The zero-order valence-electron chi connectivity index (χ0n) is 12.7. The van der Waals surface area contributed by atoms with Gasteiger partial charge in [-0.05, 0) is 40.1 Å². The standard InChI is InChI=1S/C16H18N2O4S/c1-21-14-6-11(2-3-13(14)22-9-15(17)19)8-18-16(20)7-12-4-5-23-10-12/h2-6,10H,7-9H2,1H3,(H2,17,19)(H,18,20). The van der Waals surface area contributed by atoms with E-state index in [9.17, 15) is 9.59 Å². The minimum Gasteiger partial charge on any atom is -0.493 e. The lowest BCUT2D eigenvalue weighted by Gasteiger charge is -2.11. The average Bonchev–Trinajstić information content (AvgIpc) is 3.04. The van der Waals surface area contributed by atoms with Crippen molar-refractivity contribution in [1.82, 2.24) is 5.32 Å². The highest BCUT2D eigenvalue weighted by atomic mass is 32.1. The molecule has 7 heteroatoms. The summed E-state index contributed by atoms with van der Waals surface area (Å²) in [4.78, 5) is 22.6. The average molecular weight is 334 g/mol. The second kappa shape index (κ2) is 8.19. The molecule has 2 aromatic rings. The predicted molar refractivity (Wildman–Crippen MR) is 87.6 cm³/mol. The molecule has 0 radical (unpaired) electrons. The molecule has 23 heavy (non-hydrogen) atoms. The number of thiophene rings is 1. The van der Waals surface area contributed by atoms with E-state index in [1.807, 2.05) is 16.8 Å². The van der Waals surface area contributed by atoms with E-state index in [-0.39, 0.29) is 12.5 Å². The molecule has 3 N–H and O–H groups in total. The Bertz CT molecular complexity index is 671. The number of amides is 2. The lowest BCUT2D eigenvalue weighted by atomic mass is 10.2. The maximum absolute atomic E-state index is 11.9. The molecule has 0 saturated carbocycles. The molecule has 0 unspecified atom stereocenters. The van der Waals surface area contributed by atoms with E-state index >= 15 is 0 Å². The van der Waals surface area contributed by atoms with Crippen molar-refractivity contribution in [1.29, 1.82) is 0 Å². The number of ether oxygens (including phenoxy) is 2. The van der Waals surface area contributed by atoms with Gasteiger partial charge in [0.05, 0.1) is 13.5 Å². The number of rotatable bonds is 8. The van der Waals surface area contributed by atoms with E-state index < -0.39 is 5.91 Å². The Hall–Kier alpha value is -2.54. The second-order valence-corrected chi connectivity index (χ2v) is 5.61. The highest BCUT2D eigenvalue weighted by Crippen LogP contribution is 2.28. The van der Waals surface area contributed by atoms with E-state index in [1.165, 1.54) is 7.11 Å². The summed E-state index contributed by atoms with van der Waals surface area (Å²) in [6.45, 7) is 0.169. The number of primary amides is 1. The van der Waals surface area contributed by atoms with Gasteiger partial charge in [0, 0.05) is 6.54 Å². The number of carbonyl (C=O) groups excluding carboxylic acids is 2. The molecule has 0 aliphatic rings. The minimum atomic E-state index is -0.558. The topological polar surface area (TPSA) is 90.7 Å². The van der Waals surface area contributed by atoms with Crippen LogP contribution >= 0.6 is 11.3 Å². The van der Waals surface area contributed by atoms with Gasteiger partial charge < -0.3 is 20.5 Å². The summed E-state index contributed by atoms with van der Waals surface area (Å²) >= 11 is 1.57. The van der Waals surface area contributed by atoms with Crippen LogP contribution in [-0.4, -0.2) is 25.5 Å². The summed E-state index contributed by atoms with van der Waals surface area (Å²) in [7, 11) is 1.51. The van der Waals surface area contributed by atoms with E-state index in [2.05, 4.69) is 5.32 Å². The van der Waals surface area contributed by atoms with Crippen LogP contribution in [0.15, 0.2) is 35.0 Å². The van der Waals surface area contributed by atoms with Gasteiger partial charge in [-0.3, -0.25) is 9.59 Å². The molecule has 2 amide bonds. The van der Waals surface area contributed by atoms with Gasteiger partial charge in [-0.1, -0.05) is 6.07 Å². The molecule has 0 fully saturated rings. The lowest BCUT2D eigenvalue weighted by molar-refractivity contribution is -0.121. The van der Waals surface area contributed by atoms with Gasteiger partial charge >= 0.3 is 0 Å².